The Morgan fingerprint density at radius 1 is 1.47 bits per heavy atom. The van der Waals surface area contributed by atoms with E-state index in [4.69, 9.17) is 16.3 Å². The second kappa shape index (κ2) is 5.17. The van der Waals surface area contributed by atoms with Gasteiger partial charge in [-0.3, -0.25) is 4.79 Å². The monoisotopic (exact) mass is 226 g/mol. The van der Waals surface area contributed by atoms with Gasteiger partial charge in [-0.15, -0.1) is 11.6 Å². The maximum Gasteiger partial charge on any atom is 0.308 e. The van der Waals surface area contributed by atoms with Gasteiger partial charge in [0.15, 0.2) is 0 Å². The Balaban J connectivity index is 3.18. The molecule has 3 heteroatoms. The number of hydrogen-bond donors (Lipinski definition) is 0. The SMILES string of the molecule is CCc1cc(CCl)cc(C)c1OC(C)=O. The Morgan fingerprint density at radius 3 is 2.60 bits per heavy atom. The highest BCUT2D eigenvalue weighted by Crippen LogP contribution is 2.26. The van der Waals surface area contributed by atoms with Crippen LogP contribution in [0.15, 0.2) is 12.1 Å². The molecule has 0 unspecified atom stereocenters. The van der Waals surface area contributed by atoms with Crippen molar-refractivity contribution in [1.82, 2.24) is 0 Å². The summed E-state index contributed by atoms with van der Waals surface area (Å²) >= 11 is 5.78. The highest BCUT2D eigenvalue weighted by molar-refractivity contribution is 6.17. The maximum absolute atomic E-state index is 10.9. The van der Waals surface area contributed by atoms with E-state index in [0.29, 0.717) is 11.6 Å². The number of benzene rings is 1. The second-order valence-electron chi connectivity index (χ2n) is 3.48. The second-order valence-corrected chi connectivity index (χ2v) is 3.75. The quantitative estimate of drug-likeness (QED) is 0.449. The van der Waals surface area contributed by atoms with E-state index in [1.165, 1.54) is 6.92 Å². The van der Waals surface area contributed by atoms with Crippen LogP contribution >= 0.6 is 11.6 Å². The molecular formula is C12H15ClO2. The normalized spacial score (nSPS) is 10.1. The van der Waals surface area contributed by atoms with Crippen molar-refractivity contribution in [2.45, 2.75) is 33.1 Å². The summed E-state index contributed by atoms with van der Waals surface area (Å²) in [4.78, 5) is 10.9. The lowest BCUT2D eigenvalue weighted by Gasteiger charge is -2.12. The molecule has 0 heterocycles. The number of aryl methyl sites for hydroxylation is 2. The molecule has 2 nitrogen and oxygen atoms in total. The summed E-state index contributed by atoms with van der Waals surface area (Å²) in [6.45, 7) is 5.36. The van der Waals surface area contributed by atoms with E-state index in [0.717, 1.165) is 23.1 Å². The molecule has 0 aliphatic carbocycles. The number of carbonyl (C=O) groups excluding carboxylic acids is 1. The molecule has 15 heavy (non-hydrogen) atoms. The van der Waals surface area contributed by atoms with E-state index in [-0.39, 0.29) is 5.97 Å². The fraction of sp³-hybridized carbons (Fsp3) is 0.417. The Kier molecular flexibility index (Phi) is 4.15. The summed E-state index contributed by atoms with van der Waals surface area (Å²) in [5.74, 6) is 0.874. The van der Waals surface area contributed by atoms with Crippen molar-refractivity contribution < 1.29 is 9.53 Å². The zero-order valence-electron chi connectivity index (χ0n) is 9.26. The topological polar surface area (TPSA) is 26.3 Å². The molecule has 82 valence electrons. The predicted octanol–water partition coefficient (Wildman–Crippen LogP) is 3.22. The van der Waals surface area contributed by atoms with Crippen molar-refractivity contribution in [2.75, 3.05) is 0 Å². The number of esters is 1. The molecule has 0 aromatic heterocycles. The van der Waals surface area contributed by atoms with Crippen molar-refractivity contribution in [3.8, 4) is 5.75 Å². The third kappa shape index (κ3) is 2.96. The predicted molar refractivity (Wildman–Crippen MR) is 61.4 cm³/mol. The first-order valence-electron chi connectivity index (χ1n) is 4.95. The van der Waals surface area contributed by atoms with Crippen LogP contribution in [0.4, 0.5) is 0 Å². The average Bonchev–Trinajstić information content (AvgIpc) is 2.20. The van der Waals surface area contributed by atoms with Crippen LogP contribution in [0.3, 0.4) is 0 Å². The first-order chi connectivity index (χ1) is 7.08. The van der Waals surface area contributed by atoms with E-state index in [1.54, 1.807) is 0 Å². The molecule has 1 aromatic rings. The van der Waals surface area contributed by atoms with Crippen LogP contribution in [0.2, 0.25) is 0 Å². The van der Waals surface area contributed by atoms with Crippen LogP contribution in [0.5, 0.6) is 5.75 Å². The van der Waals surface area contributed by atoms with E-state index in [9.17, 15) is 4.79 Å². The van der Waals surface area contributed by atoms with Crippen molar-refractivity contribution in [2.24, 2.45) is 0 Å². The van der Waals surface area contributed by atoms with Crippen molar-refractivity contribution in [1.29, 1.82) is 0 Å². The highest BCUT2D eigenvalue weighted by atomic mass is 35.5. The Morgan fingerprint density at radius 2 is 2.13 bits per heavy atom. The standard InChI is InChI=1S/C12H15ClO2/c1-4-11-6-10(7-13)5-8(2)12(11)15-9(3)14/h5-6H,4,7H2,1-3H3. The molecular weight excluding hydrogens is 212 g/mol. The fourth-order valence-corrected chi connectivity index (χ4v) is 1.71. The zero-order valence-corrected chi connectivity index (χ0v) is 10.0. The van der Waals surface area contributed by atoms with Crippen LogP contribution in [-0.2, 0) is 17.1 Å². The maximum atomic E-state index is 10.9. The molecule has 0 saturated heterocycles. The van der Waals surface area contributed by atoms with Crippen LogP contribution < -0.4 is 4.74 Å². The molecule has 0 N–H and O–H groups in total. The van der Waals surface area contributed by atoms with Gasteiger partial charge in [0.25, 0.3) is 0 Å². The number of hydrogen-bond acceptors (Lipinski definition) is 2. The minimum Gasteiger partial charge on any atom is -0.426 e. The molecule has 0 aliphatic heterocycles. The first-order valence-corrected chi connectivity index (χ1v) is 5.48. The first kappa shape index (κ1) is 12.1. The van der Waals surface area contributed by atoms with E-state index < -0.39 is 0 Å². The number of rotatable bonds is 3. The van der Waals surface area contributed by atoms with Crippen LogP contribution in [0, 0.1) is 6.92 Å². The lowest BCUT2D eigenvalue weighted by atomic mass is 10.0. The largest absolute Gasteiger partial charge is 0.426 e. The molecule has 1 aromatic carbocycles. The molecule has 0 radical (unpaired) electrons. The summed E-state index contributed by atoms with van der Waals surface area (Å²) < 4.78 is 5.18. The minimum absolute atomic E-state index is 0.286. The smallest absolute Gasteiger partial charge is 0.308 e. The average molecular weight is 227 g/mol. The Hall–Kier alpha value is -1.02. The lowest BCUT2D eigenvalue weighted by molar-refractivity contribution is -0.131. The molecule has 0 amide bonds. The van der Waals surface area contributed by atoms with Gasteiger partial charge >= 0.3 is 5.97 Å². The summed E-state index contributed by atoms with van der Waals surface area (Å²) in [5, 5.41) is 0. The third-order valence-electron chi connectivity index (χ3n) is 2.19. The van der Waals surface area contributed by atoms with Gasteiger partial charge in [-0.25, -0.2) is 0 Å². The van der Waals surface area contributed by atoms with Crippen LogP contribution in [0.1, 0.15) is 30.5 Å². The number of alkyl halides is 1. The minimum atomic E-state index is -0.286. The number of ether oxygens (including phenoxy) is 1. The summed E-state index contributed by atoms with van der Waals surface area (Å²) in [7, 11) is 0. The van der Waals surface area contributed by atoms with Gasteiger partial charge in [-0.05, 0) is 30.0 Å². The zero-order chi connectivity index (χ0) is 11.4. The van der Waals surface area contributed by atoms with Gasteiger partial charge < -0.3 is 4.74 Å². The van der Waals surface area contributed by atoms with Gasteiger partial charge in [-0.2, -0.15) is 0 Å². The summed E-state index contributed by atoms with van der Waals surface area (Å²) in [6.07, 6.45) is 0.828. The van der Waals surface area contributed by atoms with Gasteiger partial charge in [0.1, 0.15) is 5.75 Å². The Bertz CT molecular complexity index is 372. The fourth-order valence-electron chi connectivity index (χ4n) is 1.56. The molecule has 0 spiro atoms. The summed E-state index contributed by atoms with van der Waals surface area (Å²) in [6, 6.07) is 3.93. The van der Waals surface area contributed by atoms with Crippen LogP contribution in [-0.4, -0.2) is 5.97 Å². The van der Waals surface area contributed by atoms with Gasteiger partial charge in [0, 0.05) is 12.8 Å². The van der Waals surface area contributed by atoms with Gasteiger partial charge in [0.2, 0.25) is 0 Å². The van der Waals surface area contributed by atoms with Crippen LogP contribution in [0.25, 0.3) is 0 Å². The van der Waals surface area contributed by atoms with Crippen molar-refractivity contribution >= 4 is 17.6 Å². The van der Waals surface area contributed by atoms with Crippen molar-refractivity contribution in [3.05, 3.63) is 28.8 Å². The Labute approximate surface area is 95.2 Å². The van der Waals surface area contributed by atoms with Gasteiger partial charge in [0.05, 0.1) is 0 Å². The number of halogens is 1. The molecule has 0 aliphatic rings. The molecule has 0 fully saturated rings. The van der Waals surface area contributed by atoms with E-state index in [1.807, 2.05) is 26.0 Å². The number of carbonyl (C=O) groups is 1. The third-order valence-corrected chi connectivity index (χ3v) is 2.50. The molecule has 0 saturated carbocycles. The lowest BCUT2D eigenvalue weighted by Crippen LogP contribution is -2.06. The van der Waals surface area contributed by atoms with Gasteiger partial charge in [-0.1, -0.05) is 19.1 Å². The molecule has 1 rings (SSSR count). The van der Waals surface area contributed by atoms with E-state index >= 15 is 0 Å². The van der Waals surface area contributed by atoms with E-state index in [2.05, 4.69) is 0 Å². The molecule has 0 atom stereocenters. The summed E-state index contributed by atoms with van der Waals surface area (Å²) in [5.41, 5.74) is 3.04. The van der Waals surface area contributed by atoms with Crippen molar-refractivity contribution in [3.63, 3.8) is 0 Å². The molecule has 0 bridgehead atoms. The highest BCUT2D eigenvalue weighted by Gasteiger charge is 2.09.